The maximum atomic E-state index is 11.6. The van der Waals surface area contributed by atoms with Crippen molar-refractivity contribution in [1.29, 1.82) is 0 Å². The van der Waals surface area contributed by atoms with Gasteiger partial charge in [-0.05, 0) is 0 Å². The van der Waals surface area contributed by atoms with Crippen molar-refractivity contribution < 1.29 is 26.9 Å². The number of rotatable bonds is 4. The maximum Gasteiger partial charge on any atom is 0.330 e. The Morgan fingerprint density at radius 2 is 1.94 bits per heavy atom. The van der Waals surface area contributed by atoms with Gasteiger partial charge in [-0.1, -0.05) is 13.8 Å². The minimum absolute atomic E-state index is 0.164. The Kier molecular flexibility index (Phi) is 4.83. The Hall–Kier alpha value is -0.990. The summed E-state index contributed by atoms with van der Waals surface area (Å²) in [5.74, 6) is -1.69. The second kappa shape index (κ2) is 5.77. The lowest BCUT2D eigenvalue weighted by Crippen LogP contribution is -2.34. The van der Waals surface area contributed by atoms with Gasteiger partial charge in [0.1, 0.15) is 6.04 Å². The molecule has 0 aromatic heterocycles. The first-order valence-electron chi connectivity index (χ1n) is 5.56. The van der Waals surface area contributed by atoms with Gasteiger partial charge in [-0.15, -0.1) is 0 Å². The average molecular weight is 279 g/mol. The molecule has 0 aromatic carbocycles. The van der Waals surface area contributed by atoms with Crippen LogP contribution >= 0.6 is 0 Å². The molecule has 8 heteroatoms. The maximum absolute atomic E-state index is 11.6. The lowest BCUT2D eigenvalue weighted by atomic mass is 10.2. The topological polar surface area (TPSA) is 98.8 Å². The van der Waals surface area contributed by atoms with Gasteiger partial charge in [0, 0.05) is 13.0 Å². The van der Waals surface area contributed by atoms with Crippen LogP contribution < -0.4 is 5.32 Å². The standard InChI is InChI=1S/C10H17NO6S/c1-6(2)9(12)16-10(13)8-4-7(5-11-8)17-18(3,14)15/h6-8,11H,4-5H2,1-3H3/t7-,8+/m1/s1. The molecule has 0 radical (unpaired) electrons. The molecule has 18 heavy (non-hydrogen) atoms. The van der Waals surface area contributed by atoms with E-state index in [1.54, 1.807) is 13.8 Å². The van der Waals surface area contributed by atoms with E-state index in [0.717, 1.165) is 6.26 Å². The third-order valence-electron chi connectivity index (χ3n) is 2.36. The normalized spacial score (nSPS) is 24.2. The Morgan fingerprint density at radius 1 is 1.33 bits per heavy atom. The Balaban J connectivity index is 2.47. The molecule has 0 bridgehead atoms. The predicted molar refractivity (Wildman–Crippen MR) is 62.1 cm³/mol. The highest BCUT2D eigenvalue weighted by Crippen LogP contribution is 2.14. The van der Waals surface area contributed by atoms with E-state index in [1.165, 1.54) is 0 Å². The van der Waals surface area contributed by atoms with E-state index in [4.69, 9.17) is 4.18 Å². The monoisotopic (exact) mass is 279 g/mol. The van der Waals surface area contributed by atoms with Crippen LogP contribution in [0.3, 0.4) is 0 Å². The number of carbonyl (C=O) groups is 2. The van der Waals surface area contributed by atoms with Crippen LogP contribution in [0.4, 0.5) is 0 Å². The van der Waals surface area contributed by atoms with Crippen molar-refractivity contribution in [3.8, 4) is 0 Å². The number of ether oxygens (including phenoxy) is 1. The molecule has 0 spiro atoms. The third kappa shape index (κ3) is 4.71. The van der Waals surface area contributed by atoms with E-state index in [1.807, 2.05) is 0 Å². The van der Waals surface area contributed by atoms with Crippen molar-refractivity contribution in [1.82, 2.24) is 5.32 Å². The second-order valence-electron chi connectivity index (χ2n) is 4.51. The van der Waals surface area contributed by atoms with Crippen molar-refractivity contribution in [3.63, 3.8) is 0 Å². The lowest BCUT2D eigenvalue weighted by molar-refractivity contribution is -0.163. The van der Waals surface area contributed by atoms with E-state index in [9.17, 15) is 18.0 Å². The molecule has 1 N–H and O–H groups in total. The lowest BCUT2D eigenvalue weighted by Gasteiger charge is -2.10. The van der Waals surface area contributed by atoms with Crippen LogP contribution in [0.15, 0.2) is 0 Å². The van der Waals surface area contributed by atoms with E-state index < -0.39 is 40.1 Å². The highest BCUT2D eigenvalue weighted by Gasteiger charge is 2.34. The van der Waals surface area contributed by atoms with Gasteiger partial charge < -0.3 is 10.1 Å². The average Bonchev–Trinajstić information content (AvgIpc) is 2.63. The van der Waals surface area contributed by atoms with Crippen molar-refractivity contribution in [2.75, 3.05) is 12.8 Å². The highest BCUT2D eigenvalue weighted by molar-refractivity contribution is 7.86. The van der Waals surface area contributed by atoms with Gasteiger partial charge in [0.2, 0.25) is 0 Å². The second-order valence-corrected chi connectivity index (χ2v) is 6.11. The molecule has 0 aromatic rings. The molecule has 1 fully saturated rings. The third-order valence-corrected chi connectivity index (χ3v) is 2.98. The zero-order valence-corrected chi connectivity index (χ0v) is 11.3. The minimum atomic E-state index is -3.55. The largest absolute Gasteiger partial charge is 0.392 e. The molecule has 7 nitrogen and oxygen atoms in total. The number of nitrogens with one attached hydrogen (secondary N) is 1. The first-order valence-corrected chi connectivity index (χ1v) is 7.38. The zero-order valence-electron chi connectivity index (χ0n) is 10.5. The predicted octanol–water partition coefficient (Wildman–Crippen LogP) is -0.581. The van der Waals surface area contributed by atoms with E-state index in [-0.39, 0.29) is 13.0 Å². The molecule has 1 heterocycles. The summed E-state index contributed by atoms with van der Waals surface area (Å²) in [6.07, 6.45) is 0.504. The van der Waals surface area contributed by atoms with Crippen molar-refractivity contribution >= 4 is 22.1 Å². The molecule has 0 saturated carbocycles. The van der Waals surface area contributed by atoms with E-state index in [0.29, 0.717) is 0 Å². The SMILES string of the molecule is CC(C)C(=O)OC(=O)[C@@H]1C[C@@H](OS(C)(=O)=O)CN1. The van der Waals surface area contributed by atoms with Gasteiger partial charge in [0.25, 0.3) is 10.1 Å². The number of hydrogen-bond donors (Lipinski definition) is 1. The summed E-state index contributed by atoms with van der Waals surface area (Å²) in [7, 11) is -3.55. The number of hydrogen-bond acceptors (Lipinski definition) is 7. The fourth-order valence-corrected chi connectivity index (χ4v) is 2.13. The zero-order chi connectivity index (χ0) is 13.9. The summed E-state index contributed by atoms with van der Waals surface area (Å²) in [5, 5.41) is 2.76. The molecule has 104 valence electrons. The summed E-state index contributed by atoms with van der Waals surface area (Å²) < 4.78 is 31.2. The Bertz CT molecular complexity index is 430. The summed E-state index contributed by atoms with van der Waals surface area (Å²) in [5.41, 5.74) is 0. The van der Waals surface area contributed by atoms with Crippen LogP contribution in [0.1, 0.15) is 20.3 Å². The molecule has 1 aliphatic rings. The van der Waals surface area contributed by atoms with Gasteiger partial charge in [-0.2, -0.15) is 8.42 Å². The minimum Gasteiger partial charge on any atom is -0.392 e. The van der Waals surface area contributed by atoms with Crippen molar-refractivity contribution in [2.45, 2.75) is 32.4 Å². The molecular formula is C10H17NO6S. The van der Waals surface area contributed by atoms with Crippen LogP contribution in [-0.2, 0) is 28.6 Å². The molecular weight excluding hydrogens is 262 g/mol. The summed E-state index contributed by atoms with van der Waals surface area (Å²) in [6.45, 7) is 3.46. The van der Waals surface area contributed by atoms with E-state index in [2.05, 4.69) is 10.1 Å². The summed E-state index contributed by atoms with van der Waals surface area (Å²) in [4.78, 5) is 22.8. The fraction of sp³-hybridized carbons (Fsp3) is 0.800. The van der Waals surface area contributed by atoms with Crippen molar-refractivity contribution in [3.05, 3.63) is 0 Å². The van der Waals surface area contributed by atoms with Crippen LogP contribution in [0.2, 0.25) is 0 Å². The molecule has 1 rings (SSSR count). The van der Waals surface area contributed by atoms with Gasteiger partial charge in [-0.3, -0.25) is 8.98 Å². The number of esters is 2. The molecule has 1 aliphatic heterocycles. The first kappa shape index (κ1) is 15.1. The van der Waals surface area contributed by atoms with Gasteiger partial charge in [-0.25, -0.2) is 4.79 Å². The van der Waals surface area contributed by atoms with Crippen molar-refractivity contribution in [2.24, 2.45) is 5.92 Å². The first-order chi connectivity index (χ1) is 8.19. The van der Waals surface area contributed by atoms with Crippen LogP contribution in [0.25, 0.3) is 0 Å². The molecule has 0 unspecified atom stereocenters. The van der Waals surface area contributed by atoms with Gasteiger partial charge in [0.15, 0.2) is 0 Å². The quantitative estimate of drug-likeness (QED) is 0.417. The summed E-state index contributed by atoms with van der Waals surface area (Å²) >= 11 is 0. The van der Waals surface area contributed by atoms with Crippen LogP contribution in [0, 0.1) is 5.92 Å². The van der Waals surface area contributed by atoms with E-state index >= 15 is 0 Å². The molecule has 2 atom stereocenters. The molecule has 1 saturated heterocycles. The highest BCUT2D eigenvalue weighted by atomic mass is 32.2. The Labute approximate surface area is 106 Å². The van der Waals surface area contributed by atoms with Crippen LogP contribution in [-0.4, -0.2) is 45.3 Å². The van der Waals surface area contributed by atoms with Gasteiger partial charge in [0.05, 0.1) is 18.3 Å². The van der Waals surface area contributed by atoms with Crippen LogP contribution in [0.5, 0.6) is 0 Å². The molecule has 0 amide bonds. The summed E-state index contributed by atoms with van der Waals surface area (Å²) in [6, 6.07) is -0.709. The Morgan fingerprint density at radius 3 is 2.44 bits per heavy atom. The fourth-order valence-electron chi connectivity index (χ4n) is 1.49. The van der Waals surface area contributed by atoms with Gasteiger partial charge >= 0.3 is 11.9 Å². The molecule has 0 aliphatic carbocycles. The number of carbonyl (C=O) groups excluding carboxylic acids is 2. The smallest absolute Gasteiger partial charge is 0.330 e.